The molecule has 0 radical (unpaired) electrons. The second-order valence-corrected chi connectivity index (χ2v) is 4.00. The van der Waals surface area contributed by atoms with Crippen LogP contribution in [-0.4, -0.2) is 19.9 Å². The highest BCUT2D eigenvalue weighted by Crippen LogP contribution is 2.23. The number of alkyl halides is 1. The lowest BCUT2D eigenvalue weighted by Gasteiger charge is -1.93. The van der Waals surface area contributed by atoms with E-state index in [2.05, 4.69) is 15.2 Å². The van der Waals surface area contributed by atoms with Gasteiger partial charge in [0.2, 0.25) is 0 Å². The Kier molecular flexibility index (Phi) is 2.48. The second kappa shape index (κ2) is 3.66. The fourth-order valence-corrected chi connectivity index (χ4v) is 1.30. The van der Waals surface area contributed by atoms with Crippen LogP contribution in [0.3, 0.4) is 0 Å². The van der Waals surface area contributed by atoms with Crippen LogP contribution in [0.5, 0.6) is 0 Å². The fraction of sp³-hybridized carbons (Fsp3) is 0.444. The third kappa shape index (κ3) is 1.74. The second-order valence-electron chi connectivity index (χ2n) is 3.34. The van der Waals surface area contributed by atoms with E-state index in [1.165, 1.54) is 0 Å². The highest BCUT2D eigenvalue weighted by molar-refractivity contribution is 6.20. The van der Waals surface area contributed by atoms with E-state index in [-0.39, 0.29) is 5.38 Å². The molecule has 2 heterocycles. The van der Waals surface area contributed by atoms with E-state index in [0.29, 0.717) is 11.7 Å². The van der Waals surface area contributed by atoms with Crippen molar-refractivity contribution >= 4 is 11.6 Å². The van der Waals surface area contributed by atoms with E-state index in [9.17, 15) is 0 Å². The Morgan fingerprint density at radius 2 is 2.27 bits per heavy atom. The van der Waals surface area contributed by atoms with Crippen LogP contribution in [-0.2, 0) is 7.05 Å². The molecule has 0 aliphatic rings. The van der Waals surface area contributed by atoms with Gasteiger partial charge in [-0.05, 0) is 13.8 Å². The Hall–Kier alpha value is -1.36. The number of aromatic nitrogens is 4. The van der Waals surface area contributed by atoms with Gasteiger partial charge >= 0.3 is 0 Å². The summed E-state index contributed by atoms with van der Waals surface area (Å²) in [7, 11) is 1.86. The smallest absolute Gasteiger partial charge is 0.261 e. The Morgan fingerprint density at radius 3 is 2.73 bits per heavy atom. The number of nitrogens with zero attached hydrogens (tertiary/aromatic N) is 4. The molecule has 0 spiro atoms. The molecule has 5 nitrogen and oxygen atoms in total. The summed E-state index contributed by atoms with van der Waals surface area (Å²) < 4.78 is 6.86. The van der Waals surface area contributed by atoms with E-state index in [1.54, 1.807) is 17.8 Å². The molecule has 0 aromatic carbocycles. The van der Waals surface area contributed by atoms with Crippen LogP contribution in [0.15, 0.2) is 10.7 Å². The topological polar surface area (TPSA) is 56.7 Å². The molecule has 0 bridgehead atoms. The molecular formula is C9H11ClN4O. The number of rotatable bonds is 2. The molecule has 15 heavy (non-hydrogen) atoms. The van der Waals surface area contributed by atoms with Crippen LogP contribution in [0.4, 0.5) is 0 Å². The van der Waals surface area contributed by atoms with Crippen molar-refractivity contribution in [1.29, 1.82) is 0 Å². The first kappa shape index (κ1) is 10.2. The molecule has 2 aromatic heterocycles. The average Bonchev–Trinajstić information content (AvgIpc) is 2.76. The molecule has 0 fully saturated rings. The summed E-state index contributed by atoms with van der Waals surface area (Å²) in [6.07, 6.45) is 1.70. The van der Waals surface area contributed by atoms with Crippen molar-refractivity contribution in [3.05, 3.63) is 17.7 Å². The number of halogens is 1. The highest BCUT2D eigenvalue weighted by atomic mass is 35.5. The minimum Gasteiger partial charge on any atom is -0.334 e. The summed E-state index contributed by atoms with van der Waals surface area (Å²) in [5.41, 5.74) is 1.82. The van der Waals surface area contributed by atoms with E-state index in [0.717, 1.165) is 11.3 Å². The van der Waals surface area contributed by atoms with Crippen molar-refractivity contribution in [2.75, 3.05) is 0 Å². The number of aryl methyl sites for hydroxylation is 1. The first-order valence-electron chi connectivity index (χ1n) is 4.56. The molecule has 0 aliphatic carbocycles. The van der Waals surface area contributed by atoms with Gasteiger partial charge in [-0.15, -0.1) is 11.6 Å². The summed E-state index contributed by atoms with van der Waals surface area (Å²) in [5, 5.41) is 7.64. The predicted octanol–water partition coefficient (Wildman–Crippen LogP) is 2.08. The quantitative estimate of drug-likeness (QED) is 0.736. The molecule has 2 rings (SSSR count). The Morgan fingerprint density at radius 1 is 1.53 bits per heavy atom. The van der Waals surface area contributed by atoms with Gasteiger partial charge in [-0.2, -0.15) is 10.1 Å². The molecule has 1 unspecified atom stereocenters. The summed E-state index contributed by atoms with van der Waals surface area (Å²) in [4.78, 5) is 4.19. The van der Waals surface area contributed by atoms with E-state index < -0.39 is 0 Å². The van der Waals surface area contributed by atoms with Crippen molar-refractivity contribution in [3.63, 3.8) is 0 Å². The maximum absolute atomic E-state index is 5.84. The van der Waals surface area contributed by atoms with Crippen LogP contribution >= 0.6 is 11.6 Å². The third-order valence-corrected chi connectivity index (χ3v) is 2.46. The summed E-state index contributed by atoms with van der Waals surface area (Å²) in [6, 6.07) is 0. The van der Waals surface area contributed by atoms with Gasteiger partial charge in [0.15, 0.2) is 5.82 Å². The first-order chi connectivity index (χ1) is 7.09. The van der Waals surface area contributed by atoms with Crippen molar-refractivity contribution in [2.24, 2.45) is 7.05 Å². The normalized spacial score (nSPS) is 13.1. The maximum Gasteiger partial charge on any atom is 0.261 e. The van der Waals surface area contributed by atoms with Gasteiger partial charge in [-0.1, -0.05) is 5.16 Å². The zero-order valence-electron chi connectivity index (χ0n) is 8.73. The first-order valence-corrected chi connectivity index (χ1v) is 5.00. The molecule has 0 N–H and O–H groups in total. The molecule has 0 saturated carbocycles. The van der Waals surface area contributed by atoms with Crippen molar-refractivity contribution in [2.45, 2.75) is 19.2 Å². The predicted molar refractivity (Wildman–Crippen MR) is 55.5 cm³/mol. The summed E-state index contributed by atoms with van der Waals surface area (Å²) in [5.74, 6) is 0.956. The molecule has 0 saturated heterocycles. The van der Waals surface area contributed by atoms with E-state index in [1.807, 2.05) is 14.0 Å². The van der Waals surface area contributed by atoms with Gasteiger partial charge in [0.25, 0.3) is 5.89 Å². The zero-order chi connectivity index (χ0) is 11.0. The van der Waals surface area contributed by atoms with E-state index >= 15 is 0 Å². The van der Waals surface area contributed by atoms with E-state index in [4.69, 9.17) is 16.1 Å². The summed E-state index contributed by atoms with van der Waals surface area (Å²) >= 11 is 5.84. The fourth-order valence-electron chi connectivity index (χ4n) is 1.21. The minimum atomic E-state index is -0.250. The average molecular weight is 227 g/mol. The minimum absolute atomic E-state index is 0.250. The number of hydrogen-bond donors (Lipinski definition) is 0. The van der Waals surface area contributed by atoms with Crippen LogP contribution in [0.1, 0.15) is 23.8 Å². The Bertz CT molecular complexity index is 474. The van der Waals surface area contributed by atoms with Crippen molar-refractivity contribution in [3.8, 4) is 11.5 Å². The SMILES string of the molecule is Cc1c(-c2nc(C(C)Cl)no2)cnn1C. The maximum atomic E-state index is 5.84. The van der Waals surface area contributed by atoms with Crippen LogP contribution in [0.2, 0.25) is 0 Å². The van der Waals surface area contributed by atoms with Crippen molar-refractivity contribution in [1.82, 2.24) is 19.9 Å². The largest absolute Gasteiger partial charge is 0.334 e. The lowest BCUT2D eigenvalue weighted by atomic mass is 10.2. The van der Waals surface area contributed by atoms with Gasteiger partial charge in [-0.3, -0.25) is 4.68 Å². The molecule has 0 aliphatic heterocycles. The molecule has 6 heteroatoms. The van der Waals surface area contributed by atoms with Crippen molar-refractivity contribution < 1.29 is 4.52 Å². The monoisotopic (exact) mass is 226 g/mol. The van der Waals surface area contributed by atoms with Crippen LogP contribution in [0, 0.1) is 6.92 Å². The lowest BCUT2D eigenvalue weighted by Crippen LogP contribution is -1.92. The molecule has 0 amide bonds. The van der Waals surface area contributed by atoms with Gasteiger partial charge in [0, 0.05) is 12.7 Å². The zero-order valence-corrected chi connectivity index (χ0v) is 9.49. The van der Waals surface area contributed by atoms with Gasteiger partial charge < -0.3 is 4.52 Å². The van der Waals surface area contributed by atoms with Gasteiger partial charge in [0.1, 0.15) is 0 Å². The highest BCUT2D eigenvalue weighted by Gasteiger charge is 2.16. The Balaban J connectivity index is 2.41. The standard InChI is InChI=1S/C9H11ClN4O/c1-5(10)8-12-9(15-13-8)7-4-11-14(3)6(7)2/h4-5H,1-3H3. The number of hydrogen-bond acceptors (Lipinski definition) is 4. The molecule has 2 aromatic rings. The van der Waals surface area contributed by atoms with Crippen LogP contribution < -0.4 is 0 Å². The summed E-state index contributed by atoms with van der Waals surface area (Å²) in [6.45, 7) is 3.74. The third-order valence-electron chi connectivity index (χ3n) is 2.26. The molecule has 80 valence electrons. The van der Waals surface area contributed by atoms with Gasteiger partial charge in [-0.25, -0.2) is 0 Å². The molecule has 1 atom stereocenters. The Labute approximate surface area is 92.0 Å². The molecular weight excluding hydrogens is 216 g/mol. The lowest BCUT2D eigenvalue weighted by molar-refractivity contribution is 0.422. The van der Waals surface area contributed by atoms with Crippen LogP contribution in [0.25, 0.3) is 11.5 Å². The van der Waals surface area contributed by atoms with Gasteiger partial charge in [0.05, 0.1) is 17.1 Å².